The van der Waals surface area contributed by atoms with Gasteiger partial charge in [0.1, 0.15) is 0 Å². The first-order valence-electron chi connectivity index (χ1n) is 9.34. The molecule has 1 aliphatic carbocycles. The van der Waals surface area contributed by atoms with E-state index in [1.165, 1.54) is 18.4 Å². The highest BCUT2D eigenvalue weighted by atomic mass is 16.2. The van der Waals surface area contributed by atoms with Gasteiger partial charge in [-0.05, 0) is 44.4 Å². The van der Waals surface area contributed by atoms with Crippen molar-refractivity contribution >= 4 is 11.8 Å². The summed E-state index contributed by atoms with van der Waals surface area (Å²) in [6.45, 7) is 2.28. The van der Waals surface area contributed by atoms with E-state index in [2.05, 4.69) is 16.5 Å². The van der Waals surface area contributed by atoms with E-state index < -0.39 is 0 Å². The maximum absolute atomic E-state index is 12.4. The van der Waals surface area contributed by atoms with Crippen molar-refractivity contribution in [3.05, 3.63) is 29.6 Å². The Kier molecular flexibility index (Phi) is 5.89. The van der Waals surface area contributed by atoms with Gasteiger partial charge in [-0.2, -0.15) is 5.10 Å². The minimum Gasteiger partial charge on any atom is -0.352 e. The average molecular weight is 344 g/mol. The Morgan fingerprint density at radius 1 is 1.28 bits per heavy atom. The summed E-state index contributed by atoms with van der Waals surface area (Å²) in [6.07, 6.45) is 12.8. The number of hydrogen-bond donors (Lipinski definition) is 1. The van der Waals surface area contributed by atoms with Crippen LogP contribution >= 0.6 is 0 Å². The molecule has 6 nitrogen and oxygen atoms in total. The van der Waals surface area contributed by atoms with Crippen LogP contribution in [-0.4, -0.2) is 46.1 Å². The van der Waals surface area contributed by atoms with Gasteiger partial charge in [0.2, 0.25) is 5.91 Å². The van der Waals surface area contributed by atoms with E-state index in [9.17, 15) is 9.59 Å². The third kappa shape index (κ3) is 4.94. The molecule has 2 aliphatic rings. The maximum Gasteiger partial charge on any atom is 0.254 e. The SMILES string of the molecule is Cn1cc(C(=O)NCC2CCN(C(=O)CC3=CCCCC3)CC2)cn1. The summed E-state index contributed by atoms with van der Waals surface area (Å²) in [5.41, 5.74) is 1.91. The van der Waals surface area contributed by atoms with Crippen LogP contribution in [0.2, 0.25) is 0 Å². The van der Waals surface area contributed by atoms with Crippen molar-refractivity contribution in [3.63, 3.8) is 0 Å². The van der Waals surface area contributed by atoms with Crippen molar-refractivity contribution in [2.45, 2.75) is 44.9 Å². The lowest BCUT2D eigenvalue weighted by molar-refractivity contribution is -0.131. The van der Waals surface area contributed by atoms with Gasteiger partial charge in [-0.15, -0.1) is 0 Å². The van der Waals surface area contributed by atoms with Gasteiger partial charge in [0, 0.05) is 39.3 Å². The summed E-state index contributed by atoms with van der Waals surface area (Å²) in [5, 5.41) is 7.00. The van der Waals surface area contributed by atoms with Crippen LogP contribution in [-0.2, 0) is 11.8 Å². The second-order valence-electron chi connectivity index (χ2n) is 7.22. The molecule has 1 N–H and O–H groups in total. The molecule has 0 atom stereocenters. The summed E-state index contributed by atoms with van der Waals surface area (Å²) < 4.78 is 1.63. The fourth-order valence-corrected chi connectivity index (χ4v) is 3.64. The molecule has 1 fully saturated rings. The first kappa shape index (κ1) is 17.7. The van der Waals surface area contributed by atoms with E-state index in [4.69, 9.17) is 0 Å². The van der Waals surface area contributed by atoms with E-state index in [0.717, 1.165) is 38.8 Å². The van der Waals surface area contributed by atoms with Gasteiger partial charge < -0.3 is 10.2 Å². The minimum atomic E-state index is -0.0733. The molecule has 0 unspecified atom stereocenters. The van der Waals surface area contributed by atoms with Gasteiger partial charge in [-0.3, -0.25) is 14.3 Å². The third-order valence-corrected chi connectivity index (χ3v) is 5.25. The molecular formula is C19H28N4O2. The van der Waals surface area contributed by atoms with Crippen molar-refractivity contribution in [1.82, 2.24) is 20.0 Å². The van der Waals surface area contributed by atoms with E-state index >= 15 is 0 Å². The number of nitrogens with zero attached hydrogens (tertiary/aromatic N) is 3. The molecule has 0 radical (unpaired) electrons. The average Bonchev–Trinajstić information content (AvgIpc) is 3.07. The number of likely N-dealkylation sites (tertiary alicyclic amines) is 1. The van der Waals surface area contributed by atoms with Gasteiger partial charge in [0.15, 0.2) is 0 Å². The minimum absolute atomic E-state index is 0.0733. The normalized spacial score (nSPS) is 18.8. The Morgan fingerprint density at radius 2 is 2.08 bits per heavy atom. The summed E-state index contributed by atoms with van der Waals surface area (Å²) >= 11 is 0. The van der Waals surface area contributed by atoms with Crippen LogP contribution in [0, 0.1) is 5.92 Å². The molecule has 1 aromatic heterocycles. The van der Waals surface area contributed by atoms with Crippen molar-refractivity contribution in [3.8, 4) is 0 Å². The highest BCUT2D eigenvalue weighted by molar-refractivity contribution is 5.93. The quantitative estimate of drug-likeness (QED) is 0.833. The van der Waals surface area contributed by atoms with Crippen molar-refractivity contribution in [2.75, 3.05) is 19.6 Å². The Hall–Kier alpha value is -2.11. The number of amides is 2. The fraction of sp³-hybridized carbons (Fsp3) is 0.632. The van der Waals surface area contributed by atoms with Crippen LogP contribution in [0.25, 0.3) is 0 Å². The van der Waals surface area contributed by atoms with Gasteiger partial charge in [0.05, 0.1) is 11.8 Å². The number of rotatable bonds is 5. The lowest BCUT2D eigenvalue weighted by Crippen LogP contribution is -2.41. The molecule has 2 heterocycles. The third-order valence-electron chi connectivity index (χ3n) is 5.25. The molecule has 6 heteroatoms. The lowest BCUT2D eigenvalue weighted by atomic mass is 9.94. The van der Waals surface area contributed by atoms with Crippen molar-refractivity contribution < 1.29 is 9.59 Å². The Bertz CT molecular complexity index is 642. The summed E-state index contributed by atoms with van der Waals surface area (Å²) in [7, 11) is 1.80. The second-order valence-corrected chi connectivity index (χ2v) is 7.22. The van der Waals surface area contributed by atoms with Gasteiger partial charge in [-0.25, -0.2) is 0 Å². The number of piperidine rings is 1. The van der Waals surface area contributed by atoms with Crippen LogP contribution in [0.3, 0.4) is 0 Å². The van der Waals surface area contributed by atoms with Gasteiger partial charge in [0.25, 0.3) is 5.91 Å². The van der Waals surface area contributed by atoms with E-state index in [-0.39, 0.29) is 11.8 Å². The Labute approximate surface area is 149 Å². The second kappa shape index (κ2) is 8.32. The molecule has 0 saturated carbocycles. The van der Waals surface area contributed by atoms with Crippen LogP contribution in [0.5, 0.6) is 0 Å². The monoisotopic (exact) mass is 344 g/mol. The number of carbonyl (C=O) groups is 2. The molecule has 0 aromatic carbocycles. The van der Waals surface area contributed by atoms with Crippen LogP contribution in [0.4, 0.5) is 0 Å². The molecule has 2 amide bonds. The Morgan fingerprint density at radius 3 is 2.72 bits per heavy atom. The molecule has 3 rings (SSSR count). The molecule has 136 valence electrons. The van der Waals surface area contributed by atoms with Gasteiger partial charge in [-0.1, -0.05) is 11.6 Å². The van der Waals surface area contributed by atoms with Crippen LogP contribution in [0.15, 0.2) is 24.0 Å². The number of carbonyl (C=O) groups excluding carboxylic acids is 2. The molecule has 25 heavy (non-hydrogen) atoms. The number of aromatic nitrogens is 2. The lowest BCUT2D eigenvalue weighted by Gasteiger charge is -2.32. The standard InChI is InChI=1S/C19H28N4O2/c1-22-14-17(13-21-22)19(25)20-12-16-7-9-23(10-8-16)18(24)11-15-5-3-2-4-6-15/h5,13-14,16H,2-4,6-12H2,1H3,(H,20,25). The zero-order valence-electron chi connectivity index (χ0n) is 15.0. The van der Waals surface area contributed by atoms with Crippen LogP contribution in [0.1, 0.15) is 55.3 Å². The van der Waals surface area contributed by atoms with Crippen molar-refractivity contribution in [1.29, 1.82) is 0 Å². The summed E-state index contributed by atoms with van der Waals surface area (Å²) in [6, 6.07) is 0. The summed E-state index contributed by atoms with van der Waals surface area (Å²) in [5.74, 6) is 0.639. The molecule has 0 bridgehead atoms. The summed E-state index contributed by atoms with van der Waals surface area (Å²) in [4.78, 5) is 26.5. The van der Waals surface area contributed by atoms with E-state index in [1.54, 1.807) is 24.1 Å². The van der Waals surface area contributed by atoms with E-state index in [0.29, 0.717) is 24.4 Å². The highest BCUT2D eigenvalue weighted by Crippen LogP contribution is 2.23. The smallest absolute Gasteiger partial charge is 0.254 e. The zero-order chi connectivity index (χ0) is 17.6. The maximum atomic E-state index is 12.4. The first-order chi connectivity index (χ1) is 12.1. The van der Waals surface area contributed by atoms with Gasteiger partial charge >= 0.3 is 0 Å². The highest BCUT2D eigenvalue weighted by Gasteiger charge is 2.24. The number of hydrogen-bond acceptors (Lipinski definition) is 3. The predicted octanol–water partition coefficient (Wildman–Crippen LogP) is 2.28. The van der Waals surface area contributed by atoms with Crippen LogP contribution < -0.4 is 5.32 Å². The number of nitrogens with one attached hydrogen (secondary N) is 1. The predicted molar refractivity (Wildman–Crippen MR) is 96.0 cm³/mol. The molecule has 1 aliphatic heterocycles. The largest absolute Gasteiger partial charge is 0.352 e. The zero-order valence-corrected chi connectivity index (χ0v) is 15.0. The topological polar surface area (TPSA) is 67.2 Å². The molecule has 1 saturated heterocycles. The number of aryl methyl sites for hydroxylation is 1. The first-order valence-corrected chi connectivity index (χ1v) is 9.34. The Balaban J connectivity index is 1.38. The number of allylic oxidation sites excluding steroid dienone is 1. The molecule has 0 spiro atoms. The molecular weight excluding hydrogens is 316 g/mol. The van der Waals surface area contributed by atoms with E-state index in [1.807, 2.05) is 4.90 Å². The van der Waals surface area contributed by atoms with Crippen molar-refractivity contribution in [2.24, 2.45) is 13.0 Å². The molecule has 1 aromatic rings. The fourth-order valence-electron chi connectivity index (χ4n) is 3.64.